The Morgan fingerprint density at radius 1 is 1.06 bits per heavy atom. The number of unbranched alkanes of at least 4 members (excludes halogenated alkanes) is 1. The Kier molecular flexibility index (Phi) is 8.32. The molecule has 1 aromatic carbocycles. The molecule has 1 aromatic rings. The SMILES string of the molecule is CCCC(CCCCOc1ccccc1)NCC. The molecule has 0 heterocycles. The summed E-state index contributed by atoms with van der Waals surface area (Å²) in [6.07, 6.45) is 6.19. The summed E-state index contributed by atoms with van der Waals surface area (Å²) in [6.45, 7) is 6.34. The fourth-order valence-electron chi connectivity index (χ4n) is 2.19. The Balaban J connectivity index is 2.06. The molecular weight excluding hydrogens is 222 g/mol. The monoisotopic (exact) mass is 249 g/mol. The van der Waals surface area contributed by atoms with Gasteiger partial charge in [0, 0.05) is 6.04 Å². The van der Waals surface area contributed by atoms with Gasteiger partial charge in [-0.15, -0.1) is 0 Å². The van der Waals surface area contributed by atoms with E-state index >= 15 is 0 Å². The van der Waals surface area contributed by atoms with E-state index in [4.69, 9.17) is 4.74 Å². The summed E-state index contributed by atoms with van der Waals surface area (Å²) in [6, 6.07) is 10.8. The van der Waals surface area contributed by atoms with Gasteiger partial charge in [-0.25, -0.2) is 0 Å². The minimum absolute atomic E-state index is 0.691. The molecule has 0 bridgehead atoms. The number of nitrogens with one attached hydrogen (secondary N) is 1. The van der Waals surface area contributed by atoms with E-state index in [0.29, 0.717) is 6.04 Å². The van der Waals surface area contributed by atoms with Gasteiger partial charge in [0.1, 0.15) is 5.75 Å². The lowest BCUT2D eigenvalue weighted by atomic mass is 10.1. The van der Waals surface area contributed by atoms with E-state index in [-0.39, 0.29) is 0 Å². The van der Waals surface area contributed by atoms with Crippen LogP contribution in [0.2, 0.25) is 0 Å². The number of hydrogen-bond donors (Lipinski definition) is 1. The maximum atomic E-state index is 5.69. The summed E-state index contributed by atoms with van der Waals surface area (Å²) in [4.78, 5) is 0. The second-order valence-corrected chi connectivity index (χ2v) is 4.70. The van der Waals surface area contributed by atoms with Crippen molar-refractivity contribution in [1.82, 2.24) is 5.32 Å². The topological polar surface area (TPSA) is 21.3 Å². The van der Waals surface area contributed by atoms with Gasteiger partial charge in [0.15, 0.2) is 0 Å². The molecule has 0 aliphatic rings. The van der Waals surface area contributed by atoms with E-state index in [1.165, 1.54) is 25.7 Å². The van der Waals surface area contributed by atoms with Crippen LogP contribution in [0, 0.1) is 0 Å². The van der Waals surface area contributed by atoms with Crippen LogP contribution in [0.3, 0.4) is 0 Å². The predicted molar refractivity (Wildman–Crippen MR) is 78.2 cm³/mol. The fraction of sp³-hybridized carbons (Fsp3) is 0.625. The first-order valence-electron chi connectivity index (χ1n) is 7.28. The van der Waals surface area contributed by atoms with Crippen LogP contribution in [-0.4, -0.2) is 19.2 Å². The molecule has 0 aromatic heterocycles. The molecule has 1 N–H and O–H groups in total. The number of para-hydroxylation sites is 1. The third kappa shape index (κ3) is 6.65. The highest BCUT2D eigenvalue weighted by Crippen LogP contribution is 2.11. The smallest absolute Gasteiger partial charge is 0.119 e. The molecule has 1 rings (SSSR count). The molecular formula is C16H27NO. The molecule has 102 valence electrons. The Labute approximate surface area is 112 Å². The van der Waals surface area contributed by atoms with Gasteiger partial charge in [0.05, 0.1) is 6.61 Å². The molecule has 18 heavy (non-hydrogen) atoms. The molecule has 2 heteroatoms. The number of ether oxygens (including phenoxy) is 1. The zero-order valence-electron chi connectivity index (χ0n) is 11.8. The van der Waals surface area contributed by atoms with Crippen LogP contribution in [0.15, 0.2) is 30.3 Å². The highest BCUT2D eigenvalue weighted by atomic mass is 16.5. The normalized spacial score (nSPS) is 12.3. The first-order chi connectivity index (χ1) is 8.86. The van der Waals surface area contributed by atoms with Crippen molar-refractivity contribution in [2.24, 2.45) is 0 Å². The largest absolute Gasteiger partial charge is 0.494 e. The minimum atomic E-state index is 0.691. The quantitative estimate of drug-likeness (QED) is 0.632. The van der Waals surface area contributed by atoms with E-state index in [2.05, 4.69) is 19.2 Å². The molecule has 0 amide bonds. The lowest BCUT2D eigenvalue weighted by molar-refractivity contribution is 0.299. The molecule has 0 fully saturated rings. The summed E-state index contributed by atoms with van der Waals surface area (Å²) in [5.74, 6) is 0.981. The van der Waals surface area contributed by atoms with E-state index < -0.39 is 0 Å². The van der Waals surface area contributed by atoms with E-state index in [0.717, 1.165) is 25.3 Å². The Morgan fingerprint density at radius 3 is 2.50 bits per heavy atom. The molecule has 0 saturated heterocycles. The number of hydrogen-bond acceptors (Lipinski definition) is 2. The Bertz CT molecular complexity index is 280. The van der Waals surface area contributed by atoms with Crippen LogP contribution < -0.4 is 10.1 Å². The van der Waals surface area contributed by atoms with Gasteiger partial charge in [-0.05, 0) is 44.4 Å². The van der Waals surface area contributed by atoms with Gasteiger partial charge in [0.2, 0.25) is 0 Å². The maximum absolute atomic E-state index is 5.69. The molecule has 1 atom stereocenters. The minimum Gasteiger partial charge on any atom is -0.494 e. The van der Waals surface area contributed by atoms with E-state index in [1.807, 2.05) is 30.3 Å². The summed E-state index contributed by atoms with van der Waals surface area (Å²) in [7, 11) is 0. The summed E-state index contributed by atoms with van der Waals surface area (Å²) in [5.41, 5.74) is 0. The van der Waals surface area contributed by atoms with Gasteiger partial charge in [-0.3, -0.25) is 0 Å². The van der Waals surface area contributed by atoms with Crippen molar-refractivity contribution in [1.29, 1.82) is 0 Å². The van der Waals surface area contributed by atoms with Gasteiger partial charge in [0.25, 0.3) is 0 Å². The second kappa shape index (κ2) is 9.95. The van der Waals surface area contributed by atoms with Gasteiger partial charge < -0.3 is 10.1 Å². The molecule has 2 nitrogen and oxygen atoms in total. The van der Waals surface area contributed by atoms with E-state index in [1.54, 1.807) is 0 Å². The standard InChI is InChI=1S/C16H27NO/c1-3-10-15(17-4-2)11-8-9-14-18-16-12-6-5-7-13-16/h5-7,12-13,15,17H,3-4,8-11,14H2,1-2H3. The van der Waals surface area contributed by atoms with Crippen molar-refractivity contribution >= 4 is 0 Å². The highest BCUT2D eigenvalue weighted by Gasteiger charge is 2.05. The maximum Gasteiger partial charge on any atom is 0.119 e. The van der Waals surface area contributed by atoms with Gasteiger partial charge in [-0.2, -0.15) is 0 Å². The lowest BCUT2D eigenvalue weighted by Crippen LogP contribution is -2.28. The second-order valence-electron chi connectivity index (χ2n) is 4.70. The van der Waals surface area contributed by atoms with Crippen molar-refractivity contribution in [3.05, 3.63) is 30.3 Å². The first kappa shape index (κ1) is 15.0. The van der Waals surface area contributed by atoms with Crippen LogP contribution in [0.25, 0.3) is 0 Å². The fourth-order valence-corrected chi connectivity index (χ4v) is 2.19. The number of benzene rings is 1. The Hall–Kier alpha value is -1.02. The predicted octanol–water partition coefficient (Wildman–Crippen LogP) is 4.01. The molecule has 0 radical (unpaired) electrons. The average Bonchev–Trinajstić information content (AvgIpc) is 2.40. The summed E-state index contributed by atoms with van der Waals surface area (Å²) >= 11 is 0. The number of rotatable bonds is 10. The lowest BCUT2D eigenvalue weighted by Gasteiger charge is -2.16. The molecule has 0 aliphatic heterocycles. The van der Waals surface area contributed by atoms with Crippen LogP contribution in [0.5, 0.6) is 5.75 Å². The average molecular weight is 249 g/mol. The van der Waals surface area contributed by atoms with Crippen LogP contribution >= 0.6 is 0 Å². The van der Waals surface area contributed by atoms with Crippen LogP contribution in [0.4, 0.5) is 0 Å². The van der Waals surface area contributed by atoms with Crippen LogP contribution in [0.1, 0.15) is 46.0 Å². The zero-order valence-corrected chi connectivity index (χ0v) is 11.8. The third-order valence-electron chi connectivity index (χ3n) is 3.09. The van der Waals surface area contributed by atoms with Crippen molar-refractivity contribution in [2.75, 3.05) is 13.2 Å². The summed E-state index contributed by atoms with van der Waals surface area (Å²) < 4.78 is 5.69. The molecule has 1 unspecified atom stereocenters. The molecule has 0 aliphatic carbocycles. The van der Waals surface area contributed by atoms with E-state index in [9.17, 15) is 0 Å². The Morgan fingerprint density at radius 2 is 1.83 bits per heavy atom. The molecule has 0 saturated carbocycles. The molecule has 0 spiro atoms. The first-order valence-corrected chi connectivity index (χ1v) is 7.28. The van der Waals surface area contributed by atoms with Gasteiger partial charge >= 0.3 is 0 Å². The zero-order chi connectivity index (χ0) is 13.1. The van der Waals surface area contributed by atoms with Gasteiger partial charge in [-0.1, -0.05) is 38.5 Å². The summed E-state index contributed by atoms with van der Waals surface area (Å²) in [5, 5.41) is 3.55. The third-order valence-corrected chi connectivity index (χ3v) is 3.09. The van der Waals surface area contributed by atoms with Crippen molar-refractivity contribution in [3.8, 4) is 5.75 Å². The van der Waals surface area contributed by atoms with Crippen molar-refractivity contribution in [3.63, 3.8) is 0 Å². The highest BCUT2D eigenvalue weighted by molar-refractivity contribution is 5.20. The van der Waals surface area contributed by atoms with Crippen molar-refractivity contribution in [2.45, 2.75) is 52.0 Å². The van der Waals surface area contributed by atoms with Crippen molar-refractivity contribution < 1.29 is 4.74 Å². The van der Waals surface area contributed by atoms with Crippen LogP contribution in [-0.2, 0) is 0 Å².